The quantitative estimate of drug-likeness (QED) is 0.180. The minimum absolute atomic E-state index is 0.181. The number of rotatable bonds is 11. The molecule has 3 saturated carbocycles. The maximum absolute atomic E-state index is 14.9. The number of unbranched alkanes of at least 4 members (excludes halogenated alkanes) is 3. The summed E-state index contributed by atoms with van der Waals surface area (Å²) in [5, 5.41) is 0. The highest BCUT2D eigenvalue weighted by molar-refractivity contribution is 5.81. The number of hydrogen-bond acceptors (Lipinski definition) is 3. The summed E-state index contributed by atoms with van der Waals surface area (Å²) >= 11 is 0. The van der Waals surface area contributed by atoms with Crippen molar-refractivity contribution < 1.29 is 23.0 Å². The summed E-state index contributed by atoms with van der Waals surface area (Å²) in [5.41, 5.74) is 0. The maximum Gasteiger partial charge on any atom is 0.330 e. The summed E-state index contributed by atoms with van der Waals surface area (Å²) in [6.07, 6.45) is 12.6. The Morgan fingerprint density at radius 2 is 1.27 bits per heavy atom. The summed E-state index contributed by atoms with van der Waals surface area (Å²) < 4.78 is 40.3. The fraction of sp³-hybridized carbons (Fsp3) is 0.893. The fourth-order valence-electron chi connectivity index (χ4n) is 6.62. The van der Waals surface area contributed by atoms with Crippen molar-refractivity contribution in [2.45, 2.75) is 115 Å². The molecule has 3 nitrogen and oxygen atoms in total. The van der Waals surface area contributed by atoms with Crippen LogP contribution >= 0.6 is 0 Å². The van der Waals surface area contributed by atoms with E-state index in [-0.39, 0.29) is 5.92 Å². The van der Waals surface area contributed by atoms with Crippen LogP contribution in [0.15, 0.2) is 12.7 Å². The third kappa shape index (κ3) is 8.33. The first kappa shape index (κ1) is 26.6. The van der Waals surface area contributed by atoms with Crippen LogP contribution in [0.4, 0.5) is 8.78 Å². The van der Waals surface area contributed by atoms with E-state index >= 15 is 0 Å². The zero-order chi connectivity index (χ0) is 23.6. The highest BCUT2D eigenvalue weighted by Crippen LogP contribution is 2.46. The van der Waals surface area contributed by atoms with Crippen LogP contribution in [0.3, 0.4) is 0 Å². The van der Waals surface area contributed by atoms with Gasteiger partial charge in [-0.1, -0.05) is 32.8 Å². The van der Waals surface area contributed by atoms with Crippen LogP contribution in [-0.4, -0.2) is 37.6 Å². The lowest BCUT2D eigenvalue weighted by Crippen LogP contribution is -2.44. The molecule has 3 aliphatic rings. The van der Waals surface area contributed by atoms with E-state index in [2.05, 4.69) is 13.5 Å². The SMILES string of the molecule is C=CC(=O)OCCCCCCOC1C(F)CC(C2CCC(C3CCC(C)CC3)CC2)CC1F. The van der Waals surface area contributed by atoms with E-state index in [1.807, 2.05) is 0 Å². The minimum atomic E-state index is -1.19. The number of alkyl halides is 2. The molecule has 0 aromatic carbocycles. The van der Waals surface area contributed by atoms with Crippen molar-refractivity contribution in [1.29, 1.82) is 0 Å². The number of hydrogen-bond donors (Lipinski definition) is 0. The van der Waals surface area contributed by atoms with Gasteiger partial charge in [0.25, 0.3) is 0 Å². The molecule has 0 spiro atoms. The van der Waals surface area contributed by atoms with Gasteiger partial charge in [-0.05, 0) is 100 Å². The average Bonchev–Trinajstić information content (AvgIpc) is 2.82. The van der Waals surface area contributed by atoms with Gasteiger partial charge in [0.05, 0.1) is 6.61 Å². The monoisotopic (exact) mass is 468 g/mol. The Kier molecular flexibility index (Phi) is 11.1. The number of carbonyl (C=O) groups is 1. The normalized spacial score (nSPS) is 37.4. The number of halogens is 2. The van der Waals surface area contributed by atoms with Crippen LogP contribution in [0.1, 0.15) is 96.8 Å². The van der Waals surface area contributed by atoms with Crippen molar-refractivity contribution in [2.75, 3.05) is 13.2 Å². The second kappa shape index (κ2) is 13.8. The highest BCUT2D eigenvalue weighted by Gasteiger charge is 2.43. The summed E-state index contributed by atoms with van der Waals surface area (Å²) in [5.74, 6) is 2.92. The lowest BCUT2D eigenvalue weighted by molar-refractivity contribution is -0.137. The zero-order valence-electron chi connectivity index (χ0n) is 20.7. The number of esters is 1. The molecule has 0 aliphatic heterocycles. The molecule has 0 aromatic rings. The van der Waals surface area contributed by atoms with Crippen LogP contribution in [0.5, 0.6) is 0 Å². The summed E-state index contributed by atoms with van der Waals surface area (Å²) in [7, 11) is 0. The summed E-state index contributed by atoms with van der Waals surface area (Å²) in [4.78, 5) is 11.0. The Morgan fingerprint density at radius 1 is 0.788 bits per heavy atom. The van der Waals surface area contributed by atoms with E-state index in [4.69, 9.17) is 9.47 Å². The van der Waals surface area contributed by atoms with E-state index < -0.39 is 24.4 Å². The molecule has 5 heteroatoms. The van der Waals surface area contributed by atoms with Crippen LogP contribution < -0.4 is 0 Å². The third-order valence-electron chi connectivity index (χ3n) is 8.74. The van der Waals surface area contributed by atoms with E-state index in [1.54, 1.807) is 0 Å². The lowest BCUT2D eigenvalue weighted by Gasteiger charge is -2.42. The maximum atomic E-state index is 14.9. The van der Waals surface area contributed by atoms with Crippen molar-refractivity contribution in [3.8, 4) is 0 Å². The molecule has 2 atom stereocenters. The van der Waals surface area contributed by atoms with Crippen LogP contribution in [0.2, 0.25) is 0 Å². The van der Waals surface area contributed by atoms with Crippen molar-refractivity contribution >= 4 is 5.97 Å². The van der Waals surface area contributed by atoms with Gasteiger partial charge in [0.1, 0.15) is 18.4 Å². The van der Waals surface area contributed by atoms with Gasteiger partial charge in [-0.3, -0.25) is 0 Å². The average molecular weight is 469 g/mol. The molecular formula is C28H46F2O3. The summed E-state index contributed by atoms with van der Waals surface area (Å²) in [6.45, 7) is 6.52. The van der Waals surface area contributed by atoms with Gasteiger partial charge < -0.3 is 9.47 Å². The van der Waals surface area contributed by atoms with Gasteiger partial charge in [0.15, 0.2) is 0 Å². The molecule has 0 aromatic heterocycles. The molecule has 0 heterocycles. The largest absolute Gasteiger partial charge is 0.463 e. The zero-order valence-corrected chi connectivity index (χ0v) is 20.7. The van der Waals surface area contributed by atoms with E-state index in [9.17, 15) is 13.6 Å². The van der Waals surface area contributed by atoms with Crippen molar-refractivity contribution in [2.24, 2.45) is 29.6 Å². The first-order chi connectivity index (χ1) is 16.0. The first-order valence-electron chi connectivity index (χ1n) is 13.7. The molecule has 190 valence electrons. The molecule has 2 unspecified atom stereocenters. The van der Waals surface area contributed by atoms with Gasteiger partial charge in [-0.15, -0.1) is 0 Å². The first-order valence-corrected chi connectivity index (χ1v) is 13.7. The molecule has 0 bridgehead atoms. The van der Waals surface area contributed by atoms with E-state index in [0.717, 1.165) is 62.4 Å². The van der Waals surface area contributed by atoms with Gasteiger partial charge in [-0.2, -0.15) is 0 Å². The smallest absolute Gasteiger partial charge is 0.330 e. The van der Waals surface area contributed by atoms with Gasteiger partial charge in [-0.25, -0.2) is 13.6 Å². The van der Waals surface area contributed by atoms with Crippen molar-refractivity contribution in [3.63, 3.8) is 0 Å². The van der Waals surface area contributed by atoms with Gasteiger partial charge in [0.2, 0.25) is 0 Å². The van der Waals surface area contributed by atoms with Crippen molar-refractivity contribution in [1.82, 2.24) is 0 Å². The Bertz CT molecular complexity index is 570. The lowest BCUT2D eigenvalue weighted by atomic mass is 9.65. The van der Waals surface area contributed by atoms with Crippen molar-refractivity contribution in [3.05, 3.63) is 12.7 Å². The highest BCUT2D eigenvalue weighted by atomic mass is 19.1. The van der Waals surface area contributed by atoms with Gasteiger partial charge in [0, 0.05) is 12.7 Å². The number of ether oxygens (including phenoxy) is 2. The molecular weight excluding hydrogens is 422 g/mol. The molecule has 0 radical (unpaired) electrons. The predicted molar refractivity (Wildman–Crippen MR) is 128 cm³/mol. The topological polar surface area (TPSA) is 35.5 Å². The molecule has 0 saturated heterocycles. The van der Waals surface area contributed by atoms with Crippen LogP contribution in [-0.2, 0) is 14.3 Å². The minimum Gasteiger partial charge on any atom is -0.463 e. The van der Waals surface area contributed by atoms with Gasteiger partial charge >= 0.3 is 5.97 Å². The molecule has 0 amide bonds. The van der Waals surface area contributed by atoms with Crippen LogP contribution in [0, 0.1) is 29.6 Å². The van der Waals surface area contributed by atoms with E-state index in [1.165, 1.54) is 38.5 Å². The molecule has 33 heavy (non-hydrogen) atoms. The Morgan fingerprint density at radius 3 is 1.82 bits per heavy atom. The second-order valence-electron chi connectivity index (χ2n) is 11.1. The van der Waals surface area contributed by atoms with E-state index in [0.29, 0.717) is 32.0 Å². The fourth-order valence-corrected chi connectivity index (χ4v) is 6.62. The molecule has 3 aliphatic carbocycles. The van der Waals surface area contributed by atoms with Crippen LogP contribution in [0.25, 0.3) is 0 Å². The Hall–Kier alpha value is -0.970. The summed E-state index contributed by atoms with van der Waals surface area (Å²) in [6, 6.07) is 0. The number of carbonyl (C=O) groups excluding carboxylic acids is 1. The second-order valence-corrected chi connectivity index (χ2v) is 11.1. The molecule has 0 N–H and O–H groups in total. The molecule has 3 rings (SSSR count). The Labute approximate surface area is 200 Å². The standard InChI is InChI=1S/C28H46F2O3/c1-3-27(31)32-16-6-4-5-7-17-33-28-25(29)18-24(19-26(28)30)23-14-12-22(13-15-23)21-10-8-20(2)9-11-21/h3,20-26,28H,1,4-19H2,2H3. The predicted octanol–water partition coefficient (Wildman–Crippen LogP) is 7.38. The third-order valence-corrected chi connectivity index (χ3v) is 8.74. The molecule has 3 fully saturated rings. The Balaban J connectivity index is 1.29.